The number of aliphatic hydroxyl groups excluding tert-OH is 2. The predicted octanol–water partition coefficient (Wildman–Crippen LogP) is 3.74. The molecule has 62 heavy (non-hydrogen) atoms. The van der Waals surface area contributed by atoms with Crippen LogP contribution in [0.2, 0.25) is 0 Å². The van der Waals surface area contributed by atoms with Crippen LogP contribution in [-0.4, -0.2) is 105 Å². The van der Waals surface area contributed by atoms with Crippen molar-refractivity contribution in [2.24, 2.45) is 16.7 Å². The summed E-state index contributed by atoms with van der Waals surface area (Å²) in [6.07, 6.45) is -10.1. The number of esters is 4. The standard InChI is InChI=1S/C47H51NO14/c1-25-31(60-43(56)35(36(52)28-16-10-7-11-17-28)48-41(54)29-18-12-8-13-19-29)23-47(57)40(61-42(55)30-20-14-9-15-21-30)38-45(6,32(51)22-33-46(38,24-58-33)62-27(3)50)39(53)37(59-26(2)49)34(25)44(47,4)5/h7-21,31-33,35-38,40,51-52,57H,22-24H2,1-6H3,(H,48,54)/t31-,32-,33?,35+,36+,37+,38-,40-,45+,46-,47+/m0/s1. The van der Waals surface area contributed by atoms with E-state index in [9.17, 15) is 39.3 Å². The average molecular weight is 854 g/mol. The van der Waals surface area contributed by atoms with Gasteiger partial charge < -0.3 is 44.3 Å². The molecule has 7 rings (SSSR count). The molecule has 1 unspecified atom stereocenters. The molecule has 0 aromatic heterocycles. The molecule has 0 radical (unpaired) electrons. The Morgan fingerprint density at radius 3 is 1.95 bits per heavy atom. The molecule has 3 fully saturated rings. The topological polar surface area (TPSA) is 221 Å². The molecule has 2 bridgehead atoms. The molecule has 3 aliphatic carbocycles. The number of hydrogen-bond acceptors (Lipinski definition) is 14. The molecule has 4 N–H and O–H groups in total. The monoisotopic (exact) mass is 853 g/mol. The van der Waals surface area contributed by atoms with Crippen LogP contribution in [0.3, 0.4) is 0 Å². The van der Waals surface area contributed by atoms with Crippen LogP contribution in [0.1, 0.15) is 86.8 Å². The molecule has 15 nitrogen and oxygen atoms in total. The average Bonchev–Trinajstić information content (AvgIpc) is 3.24. The number of carbonyl (C=O) groups excluding carboxylic acids is 6. The van der Waals surface area contributed by atoms with Crippen molar-refractivity contribution in [2.45, 2.75) is 108 Å². The zero-order chi connectivity index (χ0) is 44.9. The van der Waals surface area contributed by atoms with Crippen molar-refractivity contribution < 1.29 is 67.8 Å². The predicted molar refractivity (Wildman–Crippen MR) is 218 cm³/mol. The second-order valence-corrected chi connectivity index (χ2v) is 17.4. The van der Waals surface area contributed by atoms with Gasteiger partial charge in [0.15, 0.2) is 23.5 Å². The maximum absolute atomic E-state index is 15.5. The molecule has 15 heteroatoms. The second-order valence-electron chi connectivity index (χ2n) is 17.4. The number of aliphatic hydroxyl groups is 3. The molecule has 4 aliphatic rings. The van der Waals surface area contributed by atoms with Crippen molar-refractivity contribution in [3.05, 3.63) is 119 Å². The van der Waals surface area contributed by atoms with Crippen LogP contribution >= 0.6 is 0 Å². The molecule has 2 saturated carbocycles. The molecule has 1 saturated heterocycles. The quantitative estimate of drug-likeness (QED) is 0.130. The van der Waals surface area contributed by atoms with E-state index in [4.69, 9.17) is 23.7 Å². The van der Waals surface area contributed by atoms with E-state index in [1.54, 1.807) is 80.6 Å². The van der Waals surface area contributed by atoms with Crippen molar-refractivity contribution in [1.29, 1.82) is 0 Å². The van der Waals surface area contributed by atoms with Gasteiger partial charge in [-0.25, -0.2) is 9.59 Å². The summed E-state index contributed by atoms with van der Waals surface area (Å²) in [6.45, 7) is 7.99. The lowest BCUT2D eigenvalue weighted by atomic mass is 9.44. The first-order valence-electron chi connectivity index (χ1n) is 20.5. The Morgan fingerprint density at radius 1 is 0.823 bits per heavy atom. The zero-order valence-corrected chi connectivity index (χ0v) is 35.2. The van der Waals surface area contributed by atoms with Gasteiger partial charge in [-0.2, -0.15) is 0 Å². The summed E-state index contributed by atoms with van der Waals surface area (Å²) >= 11 is 0. The van der Waals surface area contributed by atoms with Gasteiger partial charge in [-0.1, -0.05) is 80.6 Å². The zero-order valence-electron chi connectivity index (χ0n) is 35.2. The maximum atomic E-state index is 15.5. The van der Waals surface area contributed by atoms with Crippen molar-refractivity contribution >= 4 is 35.6 Å². The Morgan fingerprint density at radius 2 is 1.40 bits per heavy atom. The normalized spacial score (nSPS) is 31.9. The van der Waals surface area contributed by atoms with Gasteiger partial charge in [-0.05, 0) is 54.8 Å². The summed E-state index contributed by atoms with van der Waals surface area (Å²) in [5, 5.41) is 40.1. The highest BCUT2D eigenvalue weighted by Gasteiger charge is 2.78. The molecule has 1 aliphatic heterocycles. The van der Waals surface area contributed by atoms with Crippen LogP contribution in [0.15, 0.2) is 102 Å². The summed E-state index contributed by atoms with van der Waals surface area (Å²) in [6, 6.07) is 22.2. The number of ether oxygens (including phenoxy) is 5. The Bertz CT molecular complexity index is 2280. The molecular formula is C47H51NO14. The first-order chi connectivity index (χ1) is 29.3. The number of carbonyl (C=O) groups is 6. The third-order valence-electron chi connectivity index (χ3n) is 13.5. The number of benzene rings is 3. The van der Waals surface area contributed by atoms with E-state index >= 15 is 4.79 Å². The number of nitrogens with one attached hydrogen (secondary N) is 1. The number of fused-ring (bicyclic) bond motifs is 5. The summed E-state index contributed by atoms with van der Waals surface area (Å²) in [4.78, 5) is 84.0. The minimum absolute atomic E-state index is 0.00103. The number of ketones is 1. The van der Waals surface area contributed by atoms with Crippen LogP contribution in [0, 0.1) is 16.7 Å². The van der Waals surface area contributed by atoms with Crippen molar-refractivity contribution in [2.75, 3.05) is 6.61 Å². The molecule has 11 atom stereocenters. The largest absolute Gasteiger partial charge is 0.456 e. The molecular weight excluding hydrogens is 803 g/mol. The van der Waals surface area contributed by atoms with Crippen molar-refractivity contribution in [3.8, 4) is 0 Å². The Balaban J connectivity index is 1.42. The fourth-order valence-corrected chi connectivity index (χ4v) is 10.2. The van der Waals surface area contributed by atoms with Gasteiger partial charge in [0, 0.05) is 37.7 Å². The Hall–Kier alpha value is -5.74. The lowest BCUT2D eigenvalue weighted by molar-refractivity contribution is -0.346. The second kappa shape index (κ2) is 16.5. The summed E-state index contributed by atoms with van der Waals surface area (Å²) in [5.41, 5.74) is -7.20. The Labute approximate surface area is 358 Å². The van der Waals surface area contributed by atoms with Gasteiger partial charge in [0.2, 0.25) is 0 Å². The summed E-state index contributed by atoms with van der Waals surface area (Å²) < 4.78 is 30.4. The fourth-order valence-electron chi connectivity index (χ4n) is 10.2. The minimum Gasteiger partial charge on any atom is -0.456 e. The maximum Gasteiger partial charge on any atom is 0.338 e. The highest BCUT2D eigenvalue weighted by atomic mass is 16.6. The van der Waals surface area contributed by atoms with Gasteiger partial charge in [-0.3, -0.25) is 19.2 Å². The van der Waals surface area contributed by atoms with Gasteiger partial charge in [0.05, 0.1) is 29.6 Å². The molecule has 1 amide bonds. The molecule has 0 spiro atoms. The Kier molecular flexibility index (Phi) is 11.8. The van der Waals surface area contributed by atoms with Gasteiger partial charge in [0.25, 0.3) is 5.91 Å². The molecule has 1 heterocycles. The third kappa shape index (κ3) is 7.29. The van der Waals surface area contributed by atoms with E-state index in [0.717, 1.165) is 13.8 Å². The van der Waals surface area contributed by atoms with E-state index in [-0.39, 0.29) is 40.9 Å². The third-order valence-corrected chi connectivity index (χ3v) is 13.5. The van der Waals surface area contributed by atoms with E-state index in [0.29, 0.717) is 0 Å². The van der Waals surface area contributed by atoms with Gasteiger partial charge in [0.1, 0.15) is 30.0 Å². The van der Waals surface area contributed by atoms with Gasteiger partial charge >= 0.3 is 23.9 Å². The molecule has 328 valence electrons. The minimum atomic E-state index is -2.40. The van der Waals surface area contributed by atoms with Crippen LogP contribution in [0.4, 0.5) is 0 Å². The molecule has 3 aromatic rings. The van der Waals surface area contributed by atoms with Crippen LogP contribution < -0.4 is 5.32 Å². The van der Waals surface area contributed by atoms with E-state index in [2.05, 4.69) is 5.32 Å². The molecule has 3 aromatic carbocycles. The van der Waals surface area contributed by atoms with Crippen molar-refractivity contribution in [1.82, 2.24) is 5.32 Å². The number of hydrogen-bond donors (Lipinski definition) is 4. The van der Waals surface area contributed by atoms with E-state index in [1.807, 2.05) is 0 Å². The van der Waals surface area contributed by atoms with Crippen LogP contribution in [0.25, 0.3) is 0 Å². The number of rotatable bonds is 10. The first-order valence-corrected chi connectivity index (χ1v) is 20.5. The van der Waals surface area contributed by atoms with E-state index in [1.165, 1.54) is 38.1 Å². The summed E-state index contributed by atoms with van der Waals surface area (Å²) in [5.74, 6) is -6.86. The lowest BCUT2D eigenvalue weighted by Gasteiger charge is -2.67. The van der Waals surface area contributed by atoms with Gasteiger partial charge in [-0.15, -0.1) is 0 Å². The SMILES string of the molecule is CC(=O)O[C@H]1C(=O)[C@]2(C)[C@@H](O)CC3OC[C@@]3(OC(C)=O)[C@H]2[C@H](OC(=O)c2ccccc2)[C@]2(O)C[C@H](OC(=O)[C@H](NC(=O)c3ccccc3)[C@H](O)c3ccccc3)C(C)=C1C2(C)C. The summed E-state index contributed by atoms with van der Waals surface area (Å²) in [7, 11) is 0. The first kappa shape index (κ1) is 44.3. The lowest BCUT2D eigenvalue weighted by Crippen LogP contribution is -2.82. The van der Waals surface area contributed by atoms with E-state index < -0.39 is 113 Å². The number of Topliss-reactive ketones (excluding diaryl/α,β-unsaturated/α-hetero) is 1. The van der Waals surface area contributed by atoms with Crippen LogP contribution in [-0.2, 0) is 42.9 Å². The van der Waals surface area contributed by atoms with Crippen molar-refractivity contribution in [3.63, 3.8) is 0 Å². The highest BCUT2D eigenvalue weighted by molar-refractivity contribution is 5.97. The van der Waals surface area contributed by atoms with Crippen LogP contribution in [0.5, 0.6) is 0 Å². The number of amides is 1. The smallest absolute Gasteiger partial charge is 0.338 e. The fraction of sp³-hybridized carbons (Fsp3) is 0.447. The highest BCUT2D eigenvalue weighted by Crippen LogP contribution is 2.64.